The van der Waals surface area contributed by atoms with Gasteiger partial charge in [0.15, 0.2) is 12.2 Å². The highest BCUT2D eigenvalue weighted by Crippen LogP contribution is 2.45. The second kappa shape index (κ2) is 72.0. The van der Waals surface area contributed by atoms with Crippen LogP contribution in [-0.2, 0) is 65.4 Å². The van der Waals surface area contributed by atoms with Crippen molar-refractivity contribution in [3.63, 3.8) is 0 Å². The lowest BCUT2D eigenvalue weighted by Gasteiger charge is -2.21. The van der Waals surface area contributed by atoms with Gasteiger partial charge in [0, 0.05) is 25.7 Å². The minimum Gasteiger partial charge on any atom is -0.462 e. The van der Waals surface area contributed by atoms with Crippen molar-refractivity contribution in [2.75, 3.05) is 39.6 Å². The third-order valence-electron chi connectivity index (χ3n) is 18.5. The maximum absolute atomic E-state index is 13.1. The largest absolute Gasteiger partial charge is 0.472 e. The van der Waals surface area contributed by atoms with Gasteiger partial charge < -0.3 is 33.8 Å². The molecule has 17 nitrogen and oxygen atoms in total. The summed E-state index contributed by atoms with van der Waals surface area (Å²) >= 11 is 0. The van der Waals surface area contributed by atoms with Crippen LogP contribution in [0.2, 0.25) is 0 Å². The third-order valence-corrected chi connectivity index (χ3v) is 20.4. The highest BCUT2D eigenvalue weighted by Gasteiger charge is 2.30. The van der Waals surface area contributed by atoms with Crippen LogP contribution in [0.3, 0.4) is 0 Å². The predicted octanol–water partition coefficient (Wildman–Crippen LogP) is 23.6. The van der Waals surface area contributed by atoms with Crippen LogP contribution in [0.4, 0.5) is 0 Å². The topological polar surface area (TPSA) is 237 Å². The summed E-state index contributed by atoms with van der Waals surface area (Å²) in [7, 11) is -9.91. The van der Waals surface area contributed by atoms with Crippen LogP contribution in [0, 0.1) is 5.92 Å². The van der Waals surface area contributed by atoms with E-state index in [4.69, 9.17) is 37.0 Å². The molecule has 0 aliphatic carbocycles. The molecule has 0 aromatic heterocycles. The Labute approximate surface area is 600 Å². The fraction of sp³-hybridized carbons (Fsp3) is 0.949. The zero-order valence-corrected chi connectivity index (χ0v) is 65.7. The van der Waals surface area contributed by atoms with Crippen molar-refractivity contribution >= 4 is 39.5 Å². The average Bonchev–Trinajstić information content (AvgIpc) is 1.04. The first-order valence-corrected chi connectivity index (χ1v) is 44.1. The smallest absolute Gasteiger partial charge is 0.462 e. The standard InChI is InChI=1S/C79H154O17P2/c1-6-9-12-15-18-21-23-24-25-26-30-33-36-40-43-48-53-58-63-77(82)90-69-75(96-79(84)65-60-55-50-45-41-37-34-31-28-27-29-32-35-39-42-46-51-56-61-72(4)5)71-94-98(87,88)92-67-73(80)66-91-97(85,86)93-70-74(68-89-76(81)62-57-52-47-20-17-14-11-8-3)95-78(83)64-59-54-49-44-38-22-19-16-13-10-7-2/h72-75,80H,6-71H2,1-5H3,(H,85,86)(H,87,88)/t73-,74+,75+/m0/s1. The van der Waals surface area contributed by atoms with Gasteiger partial charge in [-0.3, -0.25) is 37.3 Å². The van der Waals surface area contributed by atoms with E-state index in [1.54, 1.807) is 0 Å². The maximum atomic E-state index is 13.1. The van der Waals surface area contributed by atoms with Crippen molar-refractivity contribution in [3.8, 4) is 0 Å². The van der Waals surface area contributed by atoms with Crippen molar-refractivity contribution in [1.29, 1.82) is 0 Å². The molecule has 0 amide bonds. The first-order chi connectivity index (χ1) is 47.5. The van der Waals surface area contributed by atoms with Crippen LogP contribution in [0.1, 0.15) is 420 Å². The number of aliphatic hydroxyl groups is 1. The zero-order chi connectivity index (χ0) is 71.9. The molecule has 5 atom stereocenters. The molecule has 0 bridgehead atoms. The van der Waals surface area contributed by atoms with Crippen LogP contribution in [0.5, 0.6) is 0 Å². The number of phosphoric acid groups is 2. The molecule has 3 N–H and O–H groups in total. The number of esters is 4. The zero-order valence-electron chi connectivity index (χ0n) is 63.9. The maximum Gasteiger partial charge on any atom is 0.472 e. The number of rotatable bonds is 79. The summed E-state index contributed by atoms with van der Waals surface area (Å²) in [5.41, 5.74) is 0. The Morgan fingerprint density at radius 3 is 0.694 bits per heavy atom. The number of ether oxygens (including phenoxy) is 4. The van der Waals surface area contributed by atoms with Gasteiger partial charge in [0.05, 0.1) is 26.4 Å². The molecule has 19 heteroatoms. The lowest BCUT2D eigenvalue weighted by atomic mass is 10.0. The Balaban J connectivity index is 5.17. The molecular weight excluding hydrogens is 1280 g/mol. The van der Waals surface area contributed by atoms with Gasteiger partial charge in [-0.1, -0.05) is 369 Å². The highest BCUT2D eigenvalue weighted by atomic mass is 31.2. The fourth-order valence-electron chi connectivity index (χ4n) is 12.2. The van der Waals surface area contributed by atoms with Crippen LogP contribution < -0.4 is 0 Å². The minimum absolute atomic E-state index is 0.107. The number of phosphoric ester groups is 2. The number of aliphatic hydroxyl groups excluding tert-OH is 1. The molecule has 0 aliphatic heterocycles. The van der Waals surface area contributed by atoms with Crippen LogP contribution >= 0.6 is 15.6 Å². The lowest BCUT2D eigenvalue weighted by molar-refractivity contribution is -0.161. The van der Waals surface area contributed by atoms with Crippen LogP contribution in [0.25, 0.3) is 0 Å². The molecule has 0 aliphatic rings. The van der Waals surface area contributed by atoms with Crippen molar-refractivity contribution in [2.45, 2.75) is 438 Å². The second-order valence-corrected chi connectivity index (χ2v) is 31.8. The molecule has 0 aromatic rings. The quantitative estimate of drug-likeness (QED) is 0.0222. The lowest BCUT2D eigenvalue weighted by Crippen LogP contribution is -2.30. The Morgan fingerprint density at radius 2 is 0.469 bits per heavy atom. The van der Waals surface area contributed by atoms with Gasteiger partial charge in [0.2, 0.25) is 0 Å². The van der Waals surface area contributed by atoms with Gasteiger partial charge in [-0.15, -0.1) is 0 Å². The normalized spacial score (nSPS) is 13.9. The van der Waals surface area contributed by atoms with E-state index in [9.17, 15) is 43.2 Å². The monoisotopic (exact) mass is 1440 g/mol. The van der Waals surface area contributed by atoms with Crippen molar-refractivity contribution in [3.05, 3.63) is 0 Å². The number of hydrogen-bond donors (Lipinski definition) is 3. The molecule has 0 spiro atoms. The molecule has 0 fully saturated rings. The van der Waals surface area contributed by atoms with Crippen molar-refractivity contribution in [2.24, 2.45) is 5.92 Å². The summed E-state index contributed by atoms with van der Waals surface area (Å²) in [5, 5.41) is 10.6. The molecule has 0 rings (SSSR count). The minimum atomic E-state index is -4.96. The summed E-state index contributed by atoms with van der Waals surface area (Å²) in [6.45, 7) is 7.32. The summed E-state index contributed by atoms with van der Waals surface area (Å²) in [6, 6.07) is 0. The number of carbonyl (C=O) groups is 4. The van der Waals surface area contributed by atoms with Gasteiger partial charge in [-0.2, -0.15) is 0 Å². The summed E-state index contributed by atoms with van der Waals surface area (Å²) in [5.74, 6) is -1.29. The molecule has 0 aromatic carbocycles. The summed E-state index contributed by atoms with van der Waals surface area (Å²) < 4.78 is 68.5. The van der Waals surface area contributed by atoms with Gasteiger partial charge in [0.25, 0.3) is 0 Å². The van der Waals surface area contributed by atoms with E-state index in [-0.39, 0.29) is 25.7 Å². The van der Waals surface area contributed by atoms with E-state index < -0.39 is 97.5 Å². The average molecular weight is 1440 g/mol. The highest BCUT2D eigenvalue weighted by molar-refractivity contribution is 7.47. The Hall–Kier alpha value is -1.94. The van der Waals surface area contributed by atoms with E-state index in [1.165, 1.54) is 238 Å². The van der Waals surface area contributed by atoms with Gasteiger partial charge >= 0.3 is 39.5 Å². The van der Waals surface area contributed by atoms with Gasteiger partial charge in [-0.25, -0.2) is 9.13 Å². The van der Waals surface area contributed by atoms with Crippen molar-refractivity contribution in [1.82, 2.24) is 0 Å². The number of carbonyl (C=O) groups excluding carboxylic acids is 4. The Bertz CT molecular complexity index is 1870. The first-order valence-electron chi connectivity index (χ1n) is 41.1. The Kier molecular flexibility index (Phi) is 70.6. The third kappa shape index (κ3) is 72.4. The summed E-state index contributed by atoms with van der Waals surface area (Å²) in [6.07, 6.45) is 62.6. The molecule has 582 valence electrons. The molecule has 0 saturated heterocycles. The van der Waals surface area contributed by atoms with E-state index >= 15 is 0 Å². The molecule has 2 unspecified atom stereocenters. The van der Waals surface area contributed by atoms with E-state index in [0.717, 1.165) is 102 Å². The van der Waals surface area contributed by atoms with Gasteiger partial charge in [-0.05, 0) is 31.6 Å². The number of hydrogen-bond acceptors (Lipinski definition) is 15. The Morgan fingerprint density at radius 1 is 0.276 bits per heavy atom. The SMILES string of the molecule is CCCCCCCCCCCCCCCCCCCCC(=O)OC[C@H](COP(=O)(O)OC[C@@H](O)COP(=O)(O)OC[C@@H](COC(=O)CCCCCCCCCC)OC(=O)CCCCCCCCCCCCC)OC(=O)CCCCCCCCCCCCCCCCCCCCC(C)C. The molecule has 0 radical (unpaired) electrons. The van der Waals surface area contributed by atoms with E-state index in [0.29, 0.717) is 25.7 Å². The molecular formula is C79H154O17P2. The molecule has 0 saturated carbocycles. The van der Waals surface area contributed by atoms with E-state index in [1.807, 2.05) is 0 Å². The molecule has 0 heterocycles. The predicted molar refractivity (Wildman–Crippen MR) is 400 cm³/mol. The van der Waals surface area contributed by atoms with Crippen LogP contribution in [-0.4, -0.2) is 96.7 Å². The van der Waals surface area contributed by atoms with Crippen LogP contribution in [0.15, 0.2) is 0 Å². The number of unbranched alkanes of at least 4 members (excludes halogenated alkanes) is 51. The van der Waals surface area contributed by atoms with Crippen molar-refractivity contribution < 1.29 is 80.2 Å². The molecule has 98 heavy (non-hydrogen) atoms. The van der Waals surface area contributed by atoms with Gasteiger partial charge in [0.1, 0.15) is 19.3 Å². The summed E-state index contributed by atoms with van der Waals surface area (Å²) in [4.78, 5) is 72.8. The van der Waals surface area contributed by atoms with E-state index in [2.05, 4.69) is 34.6 Å². The first kappa shape index (κ1) is 96.1. The fourth-order valence-corrected chi connectivity index (χ4v) is 13.8. The second-order valence-electron chi connectivity index (χ2n) is 28.9.